The smallest absolute Gasteiger partial charge is 0.419 e. The number of sulfonamides is 1. The molecule has 0 saturated carbocycles. The fourth-order valence-electron chi connectivity index (χ4n) is 2.72. The maximum absolute atomic E-state index is 13.9. The first-order chi connectivity index (χ1) is 14.6. The first-order valence-corrected chi connectivity index (χ1v) is 12.2. The van der Waals surface area contributed by atoms with Gasteiger partial charge in [0.15, 0.2) is 0 Å². The Balaban J connectivity index is 2.47. The van der Waals surface area contributed by atoms with Crippen LogP contribution in [0.1, 0.15) is 32.8 Å². The summed E-state index contributed by atoms with van der Waals surface area (Å²) >= 11 is 0. The van der Waals surface area contributed by atoms with E-state index in [1.165, 1.54) is 18.2 Å². The first-order valence-electron chi connectivity index (χ1n) is 9.27. The molecule has 0 unspecified atom stereocenters. The van der Waals surface area contributed by atoms with Gasteiger partial charge in [0.05, 0.1) is 26.7 Å². The van der Waals surface area contributed by atoms with Crippen molar-refractivity contribution in [3.8, 4) is 0 Å². The standard InChI is InChI=1S/C20H22F3NO6S2/c1-19(2,3)30-17(25)12-13-24-32(28,29)16-11-7-10-15(18(16)20(21,22)23)31(26,27)14-8-5-4-6-9-14/h4-11,24H,12-13H2,1-3H3. The van der Waals surface area contributed by atoms with Crippen molar-refractivity contribution in [3.05, 3.63) is 54.1 Å². The van der Waals surface area contributed by atoms with Crippen LogP contribution < -0.4 is 4.72 Å². The van der Waals surface area contributed by atoms with E-state index in [0.717, 1.165) is 18.2 Å². The van der Waals surface area contributed by atoms with Gasteiger partial charge < -0.3 is 4.74 Å². The van der Waals surface area contributed by atoms with Crippen molar-refractivity contribution in [1.82, 2.24) is 4.72 Å². The van der Waals surface area contributed by atoms with E-state index in [-0.39, 0.29) is 0 Å². The van der Waals surface area contributed by atoms with Crippen molar-refractivity contribution in [2.75, 3.05) is 6.54 Å². The Morgan fingerprint density at radius 1 is 0.906 bits per heavy atom. The van der Waals surface area contributed by atoms with E-state index < -0.39 is 70.8 Å². The highest BCUT2D eigenvalue weighted by Gasteiger charge is 2.43. The van der Waals surface area contributed by atoms with Crippen molar-refractivity contribution in [3.63, 3.8) is 0 Å². The normalized spacial score (nSPS) is 13.1. The summed E-state index contributed by atoms with van der Waals surface area (Å²) in [6.45, 7) is 4.26. The van der Waals surface area contributed by atoms with Gasteiger partial charge >= 0.3 is 12.1 Å². The van der Waals surface area contributed by atoms with E-state index in [1.807, 2.05) is 4.72 Å². The Morgan fingerprint density at radius 2 is 1.47 bits per heavy atom. The van der Waals surface area contributed by atoms with Crippen LogP contribution in [0, 0.1) is 0 Å². The molecule has 0 bridgehead atoms. The molecule has 1 N–H and O–H groups in total. The first kappa shape index (κ1) is 25.8. The van der Waals surface area contributed by atoms with Crippen LogP contribution >= 0.6 is 0 Å². The van der Waals surface area contributed by atoms with E-state index in [1.54, 1.807) is 20.8 Å². The molecular weight excluding hydrogens is 471 g/mol. The number of sulfone groups is 1. The fourth-order valence-corrected chi connectivity index (χ4v) is 5.59. The topological polar surface area (TPSA) is 107 Å². The Labute approximate surface area is 184 Å². The van der Waals surface area contributed by atoms with Crippen LogP contribution in [-0.2, 0) is 35.6 Å². The zero-order chi connectivity index (χ0) is 24.4. The summed E-state index contributed by atoms with van der Waals surface area (Å²) in [4.78, 5) is 8.87. The predicted octanol–water partition coefficient (Wildman–Crippen LogP) is 3.55. The van der Waals surface area contributed by atoms with E-state index in [9.17, 15) is 34.8 Å². The molecule has 0 spiro atoms. The predicted molar refractivity (Wildman–Crippen MR) is 109 cm³/mol. The molecule has 176 valence electrons. The highest BCUT2D eigenvalue weighted by atomic mass is 32.2. The van der Waals surface area contributed by atoms with Gasteiger partial charge in [-0.05, 0) is 45.0 Å². The van der Waals surface area contributed by atoms with Crippen LogP contribution in [0.2, 0.25) is 0 Å². The Morgan fingerprint density at radius 3 is 2.00 bits per heavy atom. The molecule has 0 fully saturated rings. The number of rotatable bonds is 7. The molecule has 0 heterocycles. The van der Waals surface area contributed by atoms with Gasteiger partial charge in [-0.2, -0.15) is 13.2 Å². The second kappa shape index (κ2) is 9.20. The molecule has 2 aromatic rings. The lowest BCUT2D eigenvalue weighted by molar-refractivity contribution is -0.154. The lowest BCUT2D eigenvalue weighted by Crippen LogP contribution is -2.31. The summed E-state index contributed by atoms with van der Waals surface area (Å²) in [5.74, 6) is -0.753. The highest BCUT2D eigenvalue weighted by Crippen LogP contribution is 2.40. The minimum Gasteiger partial charge on any atom is -0.460 e. The number of nitrogens with one attached hydrogen (secondary N) is 1. The van der Waals surface area contributed by atoms with E-state index >= 15 is 0 Å². The number of esters is 1. The Kier molecular flexibility index (Phi) is 7.42. The number of hydrogen-bond acceptors (Lipinski definition) is 6. The quantitative estimate of drug-likeness (QED) is 0.592. The van der Waals surface area contributed by atoms with Gasteiger partial charge in [-0.3, -0.25) is 4.79 Å². The summed E-state index contributed by atoms with van der Waals surface area (Å²) in [5, 5.41) is 0. The highest BCUT2D eigenvalue weighted by molar-refractivity contribution is 7.92. The third-order valence-electron chi connectivity index (χ3n) is 3.95. The molecule has 0 radical (unpaired) electrons. The largest absolute Gasteiger partial charge is 0.460 e. The molecule has 0 aromatic heterocycles. The van der Waals surface area contributed by atoms with Crippen molar-refractivity contribution in [2.45, 2.75) is 53.7 Å². The van der Waals surface area contributed by atoms with Crippen LogP contribution in [0.15, 0.2) is 63.2 Å². The third kappa shape index (κ3) is 6.30. The average Bonchev–Trinajstić information content (AvgIpc) is 2.66. The minimum atomic E-state index is -5.30. The fraction of sp³-hybridized carbons (Fsp3) is 0.350. The SMILES string of the molecule is CC(C)(C)OC(=O)CCNS(=O)(=O)c1cccc(S(=O)(=O)c2ccccc2)c1C(F)(F)F. The van der Waals surface area contributed by atoms with E-state index in [2.05, 4.69) is 0 Å². The van der Waals surface area contributed by atoms with Gasteiger partial charge in [0, 0.05) is 6.54 Å². The molecule has 7 nitrogen and oxygen atoms in total. The number of benzene rings is 2. The summed E-state index contributed by atoms with van der Waals surface area (Å²) < 4.78 is 99.5. The molecule has 32 heavy (non-hydrogen) atoms. The van der Waals surface area contributed by atoms with Crippen LogP contribution in [0.4, 0.5) is 13.2 Å². The van der Waals surface area contributed by atoms with Crippen LogP contribution in [0.25, 0.3) is 0 Å². The number of hydrogen-bond donors (Lipinski definition) is 1. The maximum Gasteiger partial charge on any atom is 0.419 e. The Bertz CT molecular complexity index is 1190. The Hall–Kier alpha value is -2.44. The van der Waals surface area contributed by atoms with Crippen molar-refractivity contribution < 1.29 is 39.5 Å². The van der Waals surface area contributed by atoms with Crippen LogP contribution in [0.5, 0.6) is 0 Å². The molecule has 0 aliphatic rings. The minimum absolute atomic E-state index is 0.419. The third-order valence-corrected chi connectivity index (χ3v) is 7.26. The number of carbonyl (C=O) groups excluding carboxylic acids is 1. The number of ether oxygens (including phenoxy) is 1. The molecule has 0 aliphatic carbocycles. The molecule has 0 amide bonds. The zero-order valence-electron chi connectivity index (χ0n) is 17.4. The molecule has 0 atom stereocenters. The van der Waals surface area contributed by atoms with Gasteiger partial charge in [0.2, 0.25) is 19.9 Å². The molecular formula is C20H22F3NO6S2. The summed E-state index contributed by atoms with van der Waals surface area (Å²) in [7, 11) is -9.50. The monoisotopic (exact) mass is 493 g/mol. The van der Waals surface area contributed by atoms with Gasteiger partial charge in [-0.25, -0.2) is 21.6 Å². The van der Waals surface area contributed by atoms with Crippen molar-refractivity contribution in [1.29, 1.82) is 0 Å². The lowest BCUT2D eigenvalue weighted by Gasteiger charge is -2.20. The molecule has 2 rings (SSSR count). The molecule has 0 saturated heterocycles. The second-order valence-electron chi connectivity index (χ2n) is 7.68. The molecule has 0 aliphatic heterocycles. The molecule has 2 aromatic carbocycles. The summed E-state index contributed by atoms with van der Waals surface area (Å²) in [6.07, 6.45) is -5.73. The summed E-state index contributed by atoms with van der Waals surface area (Å²) in [6, 6.07) is 8.63. The van der Waals surface area contributed by atoms with Gasteiger partial charge in [0.25, 0.3) is 0 Å². The molecule has 12 heteroatoms. The van der Waals surface area contributed by atoms with Gasteiger partial charge in [-0.1, -0.05) is 24.3 Å². The summed E-state index contributed by atoms with van der Waals surface area (Å²) in [5.41, 5.74) is -2.63. The van der Waals surface area contributed by atoms with Gasteiger partial charge in [-0.15, -0.1) is 0 Å². The zero-order valence-corrected chi connectivity index (χ0v) is 19.1. The average molecular weight is 494 g/mol. The van der Waals surface area contributed by atoms with Crippen molar-refractivity contribution in [2.24, 2.45) is 0 Å². The van der Waals surface area contributed by atoms with Crippen LogP contribution in [0.3, 0.4) is 0 Å². The van der Waals surface area contributed by atoms with Crippen LogP contribution in [-0.4, -0.2) is 35.0 Å². The second-order valence-corrected chi connectivity index (χ2v) is 11.3. The van der Waals surface area contributed by atoms with Gasteiger partial charge in [0.1, 0.15) is 5.60 Å². The number of halogens is 3. The number of alkyl halides is 3. The van der Waals surface area contributed by atoms with E-state index in [0.29, 0.717) is 12.1 Å². The number of carbonyl (C=O) groups is 1. The lowest BCUT2D eigenvalue weighted by atomic mass is 10.2. The maximum atomic E-state index is 13.9. The van der Waals surface area contributed by atoms with E-state index in [4.69, 9.17) is 4.74 Å². The van der Waals surface area contributed by atoms with Crippen molar-refractivity contribution >= 4 is 25.8 Å².